The standard InChI is InChI=1S/C14H22FN3S.HI/c1-4-16-14(18(2)3)17-10-5-11-19-13-8-6-12(15)7-9-13;/h6-9H,4-5,10-11H2,1-3H3,(H,16,17);1H. The molecule has 0 aliphatic rings. The lowest BCUT2D eigenvalue weighted by molar-refractivity contribution is 0.583. The summed E-state index contributed by atoms with van der Waals surface area (Å²) in [6, 6.07) is 6.62. The Balaban J connectivity index is 0.00000361. The summed E-state index contributed by atoms with van der Waals surface area (Å²) in [5, 5.41) is 3.22. The Labute approximate surface area is 142 Å². The second-order valence-electron chi connectivity index (χ2n) is 4.29. The molecule has 114 valence electrons. The fourth-order valence-corrected chi connectivity index (χ4v) is 2.32. The average molecular weight is 411 g/mol. The molecular weight excluding hydrogens is 388 g/mol. The number of benzene rings is 1. The highest BCUT2D eigenvalue weighted by Gasteiger charge is 1.99. The summed E-state index contributed by atoms with van der Waals surface area (Å²) in [5.41, 5.74) is 0. The zero-order valence-corrected chi connectivity index (χ0v) is 15.4. The first-order valence-corrected chi connectivity index (χ1v) is 7.46. The molecule has 20 heavy (non-hydrogen) atoms. The molecule has 3 nitrogen and oxygen atoms in total. The Morgan fingerprint density at radius 3 is 2.50 bits per heavy atom. The topological polar surface area (TPSA) is 27.6 Å². The molecular formula is C14H23FIN3S. The number of nitrogens with one attached hydrogen (secondary N) is 1. The van der Waals surface area contributed by atoms with Crippen LogP contribution < -0.4 is 5.32 Å². The van der Waals surface area contributed by atoms with Gasteiger partial charge in [-0.05, 0) is 43.4 Å². The summed E-state index contributed by atoms with van der Waals surface area (Å²) < 4.78 is 12.7. The Kier molecular flexibility index (Phi) is 10.9. The van der Waals surface area contributed by atoms with Crippen LogP contribution in [0.3, 0.4) is 0 Å². The van der Waals surface area contributed by atoms with Crippen molar-refractivity contribution in [3.8, 4) is 0 Å². The van der Waals surface area contributed by atoms with Crippen LogP contribution in [0.25, 0.3) is 0 Å². The van der Waals surface area contributed by atoms with E-state index in [1.54, 1.807) is 11.8 Å². The van der Waals surface area contributed by atoms with E-state index in [0.29, 0.717) is 0 Å². The number of thioether (sulfide) groups is 1. The highest BCUT2D eigenvalue weighted by atomic mass is 127. The Hall–Kier alpha value is -0.500. The van der Waals surface area contributed by atoms with E-state index in [-0.39, 0.29) is 29.8 Å². The zero-order valence-electron chi connectivity index (χ0n) is 12.2. The fourth-order valence-electron chi connectivity index (χ4n) is 1.48. The first-order chi connectivity index (χ1) is 9.13. The van der Waals surface area contributed by atoms with Crippen LogP contribution in [0.1, 0.15) is 13.3 Å². The molecule has 0 aliphatic carbocycles. The second kappa shape index (κ2) is 11.2. The minimum Gasteiger partial charge on any atom is -0.357 e. The Morgan fingerprint density at radius 1 is 1.30 bits per heavy atom. The monoisotopic (exact) mass is 411 g/mol. The first-order valence-electron chi connectivity index (χ1n) is 6.47. The van der Waals surface area contributed by atoms with Gasteiger partial charge in [0.1, 0.15) is 5.82 Å². The smallest absolute Gasteiger partial charge is 0.193 e. The van der Waals surface area contributed by atoms with E-state index in [1.807, 2.05) is 31.1 Å². The van der Waals surface area contributed by atoms with Gasteiger partial charge in [0.25, 0.3) is 0 Å². The normalized spacial score (nSPS) is 10.9. The summed E-state index contributed by atoms with van der Waals surface area (Å²) in [4.78, 5) is 7.60. The van der Waals surface area contributed by atoms with E-state index < -0.39 is 0 Å². The molecule has 1 rings (SSSR count). The van der Waals surface area contributed by atoms with E-state index in [1.165, 1.54) is 12.1 Å². The average Bonchev–Trinajstić information content (AvgIpc) is 2.39. The molecule has 0 unspecified atom stereocenters. The number of rotatable bonds is 6. The van der Waals surface area contributed by atoms with Gasteiger partial charge in [-0.2, -0.15) is 0 Å². The van der Waals surface area contributed by atoms with Gasteiger partial charge in [0.05, 0.1) is 0 Å². The molecule has 0 aromatic heterocycles. The van der Waals surface area contributed by atoms with Gasteiger partial charge in [-0.15, -0.1) is 35.7 Å². The number of hydrogen-bond donors (Lipinski definition) is 1. The SMILES string of the molecule is CCNC(=NCCCSc1ccc(F)cc1)N(C)C.I. The molecule has 0 saturated carbocycles. The van der Waals surface area contributed by atoms with Gasteiger partial charge in [0.2, 0.25) is 0 Å². The highest BCUT2D eigenvalue weighted by Crippen LogP contribution is 2.18. The van der Waals surface area contributed by atoms with E-state index in [4.69, 9.17) is 0 Å². The van der Waals surface area contributed by atoms with Crippen LogP contribution in [-0.4, -0.2) is 43.8 Å². The van der Waals surface area contributed by atoms with Crippen molar-refractivity contribution in [2.75, 3.05) is 32.9 Å². The Bertz CT molecular complexity index is 396. The maximum absolute atomic E-state index is 12.7. The van der Waals surface area contributed by atoms with Crippen molar-refractivity contribution < 1.29 is 4.39 Å². The van der Waals surface area contributed by atoms with Crippen LogP contribution in [0.2, 0.25) is 0 Å². The predicted octanol–water partition coefficient (Wildman–Crippen LogP) is 3.45. The zero-order chi connectivity index (χ0) is 14.1. The van der Waals surface area contributed by atoms with Crippen LogP contribution in [0.15, 0.2) is 34.2 Å². The third-order valence-corrected chi connectivity index (χ3v) is 3.50. The summed E-state index contributed by atoms with van der Waals surface area (Å²) >= 11 is 1.73. The van der Waals surface area contributed by atoms with Crippen LogP contribution in [0.5, 0.6) is 0 Å². The van der Waals surface area contributed by atoms with Crippen LogP contribution in [0.4, 0.5) is 4.39 Å². The van der Waals surface area contributed by atoms with Gasteiger partial charge in [-0.3, -0.25) is 4.99 Å². The molecule has 0 amide bonds. The van der Waals surface area contributed by atoms with Crippen LogP contribution in [0, 0.1) is 5.82 Å². The minimum atomic E-state index is -0.185. The lowest BCUT2D eigenvalue weighted by atomic mass is 10.4. The first kappa shape index (κ1) is 19.5. The lowest BCUT2D eigenvalue weighted by Crippen LogP contribution is -2.36. The van der Waals surface area contributed by atoms with E-state index >= 15 is 0 Å². The maximum atomic E-state index is 12.7. The van der Waals surface area contributed by atoms with Crippen molar-refractivity contribution in [1.29, 1.82) is 0 Å². The molecule has 0 aliphatic heterocycles. The molecule has 1 N–H and O–H groups in total. The Morgan fingerprint density at radius 2 is 1.95 bits per heavy atom. The third-order valence-electron chi connectivity index (χ3n) is 2.40. The number of aliphatic imine (C=N–C) groups is 1. The summed E-state index contributed by atoms with van der Waals surface area (Å²) in [5.74, 6) is 1.73. The minimum absolute atomic E-state index is 0. The quantitative estimate of drug-likeness (QED) is 0.256. The molecule has 0 heterocycles. The lowest BCUT2D eigenvalue weighted by Gasteiger charge is -2.16. The molecule has 0 atom stereocenters. The van der Waals surface area contributed by atoms with Crippen molar-refractivity contribution in [3.63, 3.8) is 0 Å². The van der Waals surface area contributed by atoms with Gasteiger partial charge in [-0.25, -0.2) is 4.39 Å². The van der Waals surface area contributed by atoms with Gasteiger partial charge in [-0.1, -0.05) is 0 Å². The highest BCUT2D eigenvalue weighted by molar-refractivity contribution is 14.0. The van der Waals surface area contributed by atoms with Crippen molar-refractivity contribution >= 4 is 41.7 Å². The number of halogens is 2. The van der Waals surface area contributed by atoms with Gasteiger partial charge < -0.3 is 10.2 Å². The summed E-state index contributed by atoms with van der Waals surface area (Å²) in [6.07, 6.45) is 1.00. The van der Waals surface area contributed by atoms with E-state index in [9.17, 15) is 4.39 Å². The summed E-state index contributed by atoms with van der Waals surface area (Å²) in [7, 11) is 3.96. The predicted molar refractivity (Wildman–Crippen MR) is 96.8 cm³/mol. The third kappa shape index (κ3) is 7.94. The van der Waals surface area contributed by atoms with Gasteiger partial charge in [0, 0.05) is 32.1 Å². The summed E-state index contributed by atoms with van der Waals surface area (Å²) in [6.45, 7) is 3.74. The number of guanidine groups is 1. The second-order valence-corrected chi connectivity index (χ2v) is 5.45. The molecule has 0 saturated heterocycles. The molecule has 0 radical (unpaired) electrons. The molecule has 6 heteroatoms. The van der Waals surface area contributed by atoms with Crippen molar-refractivity contribution in [3.05, 3.63) is 30.1 Å². The molecule has 0 bridgehead atoms. The number of hydrogen-bond acceptors (Lipinski definition) is 2. The van der Waals surface area contributed by atoms with Crippen molar-refractivity contribution in [2.45, 2.75) is 18.2 Å². The number of nitrogens with zero attached hydrogens (tertiary/aromatic N) is 2. The molecule has 1 aromatic carbocycles. The molecule has 0 fully saturated rings. The van der Waals surface area contributed by atoms with Crippen molar-refractivity contribution in [1.82, 2.24) is 10.2 Å². The molecule has 0 spiro atoms. The van der Waals surface area contributed by atoms with E-state index in [0.717, 1.165) is 36.1 Å². The van der Waals surface area contributed by atoms with Crippen molar-refractivity contribution in [2.24, 2.45) is 4.99 Å². The van der Waals surface area contributed by atoms with Gasteiger partial charge >= 0.3 is 0 Å². The van der Waals surface area contributed by atoms with Gasteiger partial charge in [0.15, 0.2) is 5.96 Å². The largest absolute Gasteiger partial charge is 0.357 e. The van der Waals surface area contributed by atoms with E-state index in [2.05, 4.69) is 17.2 Å². The van der Waals surface area contributed by atoms with Crippen LogP contribution in [-0.2, 0) is 0 Å². The fraction of sp³-hybridized carbons (Fsp3) is 0.500. The van der Waals surface area contributed by atoms with Crippen LogP contribution >= 0.6 is 35.7 Å². The molecule has 1 aromatic rings. The maximum Gasteiger partial charge on any atom is 0.193 e.